The summed E-state index contributed by atoms with van der Waals surface area (Å²) in [6.45, 7) is 8.46. The maximum atomic E-state index is 13.1. The molecule has 0 unspecified atom stereocenters. The molecule has 0 fully saturated rings. The number of furan rings is 1. The van der Waals surface area contributed by atoms with E-state index in [-0.39, 0.29) is 5.91 Å². The summed E-state index contributed by atoms with van der Waals surface area (Å²) >= 11 is 0. The Morgan fingerprint density at radius 3 is 2.76 bits per heavy atom. The van der Waals surface area contributed by atoms with Gasteiger partial charge in [-0.2, -0.15) is 0 Å². The molecule has 0 aliphatic heterocycles. The first-order chi connectivity index (χ1) is 16.5. The first-order valence-electron chi connectivity index (χ1n) is 12.0. The zero-order valence-electron chi connectivity index (χ0n) is 20.2. The first-order valence-corrected chi connectivity index (χ1v) is 12.0. The number of benzene rings is 2. The van der Waals surface area contributed by atoms with Crippen LogP contribution in [0.5, 0.6) is 5.75 Å². The molecule has 2 aromatic carbocycles. The molecule has 0 saturated carbocycles. The topological polar surface area (TPSA) is 64.4 Å². The number of rotatable bonds is 5. The van der Waals surface area contributed by atoms with Crippen LogP contribution in [0, 0.1) is 13.8 Å². The van der Waals surface area contributed by atoms with Crippen molar-refractivity contribution in [2.45, 2.75) is 53.4 Å². The van der Waals surface area contributed by atoms with Gasteiger partial charge in [0.15, 0.2) is 0 Å². The summed E-state index contributed by atoms with van der Waals surface area (Å²) in [7, 11) is 0. The standard InChI is InChI=1S/C29H30N2O3/c1-5-33-28-19(4)29-23(20-10-7-9-13-26(20)34-29)16-22(28)17(2)14-27(32)31-25-15-18(3)30-24-12-8-6-11-21(24)25/h6,8,11-12,14-16H,5,7,9-10,13H2,1-4H3,(H,30,31,32)/b17-14+. The molecule has 2 heterocycles. The van der Waals surface area contributed by atoms with E-state index in [0.29, 0.717) is 6.61 Å². The number of anilines is 1. The molecule has 2 aromatic heterocycles. The highest BCUT2D eigenvalue weighted by atomic mass is 16.5. The Kier molecular flexibility index (Phi) is 5.86. The predicted molar refractivity (Wildman–Crippen MR) is 138 cm³/mol. The highest BCUT2D eigenvalue weighted by Crippen LogP contribution is 2.41. The third kappa shape index (κ3) is 3.96. The molecule has 1 N–H and O–H groups in total. The summed E-state index contributed by atoms with van der Waals surface area (Å²) in [6, 6.07) is 11.9. The monoisotopic (exact) mass is 454 g/mol. The Hall–Kier alpha value is -3.60. The molecule has 1 amide bonds. The van der Waals surface area contributed by atoms with E-state index in [4.69, 9.17) is 9.15 Å². The number of pyridine rings is 1. The van der Waals surface area contributed by atoms with Gasteiger partial charge in [-0.3, -0.25) is 9.78 Å². The quantitative estimate of drug-likeness (QED) is 0.333. The van der Waals surface area contributed by atoms with Crippen molar-refractivity contribution < 1.29 is 13.9 Å². The van der Waals surface area contributed by atoms with Gasteiger partial charge in [0, 0.05) is 45.7 Å². The lowest BCUT2D eigenvalue weighted by Gasteiger charge is -2.15. The van der Waals surface area contributed by atoms with Gasteiger partial charge in [-0.1, -0.05) is 18.2 Å². The smallest absolute Gasteiger partial charge is 0.248 e. The number of carbonyl (C=O) groups is 1. The number of nitrogens with zero attached hydrogens (tertiary/aromatic N) is 1. The van der Waals surface area contributed by atoms with Gasteiger partial charge in [0.25, 0.3) is 0 Å². The van der Waals surface area contributed by atoms with Gasteiger partial charge in [0.1, 0.15) is 17.1 Å². The predicted octanol–water partition coefficient (Wildman–Crippen LogP) is 6.92. The third-order valence-corrected chi connectivity index (χ3v) is 6.59. The average Bonchev–Trinajstić information content (AvgIpc) is 3.19. The average molecular weight is 455 g/mol. The summed E-state index contributed by atoms with van der Waals surface area (Å²) in [4.78, 5) is 17.6. The summed E-state index contributed by atoms with van der Waals surface area (Å²) in [5, 5.41) is 5.13. The number of para-hydroxylation sites is 1. The molecule has 4 aromatic rings. The molecule has 0 atom stereocenters. The summed E-state index contributed by atoms with van der Waals surface area (Å²) < 4.78 is 12.3. The maximum Gasteiger partial charge on any atom is 0.248 e. The normalized spacial score (nSPS) is 13.8. The van der Waals surface area contributed by atoms with Crippen molar-refractivity contribution in [3.63, 3.8) is 0 Å². The highest BCUT2D eigenvalue weighted by Gasteiger charge is 2.23. The molecule has 0 radical (unpaired) electrons. The number of allylic oxidation sites excluding steroid dienone is 1. The molecule has 0 saturated heterocycles. The lowest BCUT2D eigenvalue weighted by molar-refractivity contribution is -0.111. The summed E-state index contributed by atoms with van der Waals surface area (Å²) in [5.74, 6) is 1.71. The Labute approximate surface area is 199 Å². The molecule has 1 aliphatic carbocycles. The second-order valence-electron chi connectivity index (χ2n) is 9.04. The Morgan fingerprint density at radius 1 is 1.15 bits per heavy atom. The van der Waals surface area contributed by atoms with Crippen LogP contribution >= 0.6 is 0 Å². The lowest BCUT2D eigenvalue weighted by Crippen LogP contribution is -2.10. The van der Waals surface area contributed by atoms with E-state index in [2.05, 4.69) is 16.4 Å². The van der Waals surface area contributed by atoms with E-state index in [1.165, 1.54) is 18.4 Å². The molecule has 5 rings (SSSR count). The van der Waals surface area contributed by atoms with Crippen LogP contribution in [0.4, 0.5) is 5.69 Å². The molecular formula is C29H30N2O3. The molecule has 1 aliphatic rings. The molecule has 0 spiro atoms. The number of hydrogen-bond acceptors (Lipinski definition) is 4. The second-order valence-corrected chi connectivity index (χ2v) is 9.04. The van der Waals surface area contributed by atoms with Crippen molar-refractivity contribution in [1.29, 1.82) is 0 Å². The number of nitrogens with one attached hydrogen (secondary N) is 1. The Balaban J connectivity index is 1.55. The van der Waals surface area contributed by atoms with Crippen molar-refractivity contribution in [2.75, 3.05) is 11.9 Å². The molecule has 5 heteroatoms. The number of aryl methyl sites for hydroxylation is 4. The summed E-state index contributed by atoms with van der Waals surface area (Å²) in [6.07, 6.45) is 6.02. The fourth-order valence-corrected chi connectivity index (χ4v) is 5.01. The zero-order valence-corrected chi connectivity index (χ0v) is 20.2. The zero-order chi connectivity index (χ0) is 23.8. The van der Waals surface area contributed by atoms with Crippen molar-refractivity contribution in [1.82, 2.24) is 4.98 Å². The summed E-state index contributed by atoms with van der Waals surface area (Å²) in [5.41, 5.74) is 7.49. The van der Waals surface area contributed by atoms with Crippen molar-refractivity contribution in [3.8, 4) is 5.75 Å². The van der Waals surface area contributed by atoms with Crippen LogP contribution in [-0.4, -0.2) is 17.5 Å². The SMILES string of the molecule is CCOc1c(/C(C)=C/C(=O)Nc2cc(C)nc3ccccc23)cc2c3c(oc2c1C)CCCC3. The molecular weight excluding hydrogens is 424 g/mol. The van der Waals surface area contributed by atoms with E-state index in [1.807, 2.05) is 58.0 Å². The van der Waals surface area contributed by atoms with Crippen LogP contribution in [0.15, 0.2) is 46.9 Å². The molecule has 174 valence electrons. The minimum Gasteiger partial charge on any atom is -0.493 e. The van der Waals surface area contributed by atoms with Gasteiger partial charge in [-0.15, -0.1) is 0 Å². The lowest BCUT2D eigenvalue weighted by atomic mass is 9.93. The fraction of sp³-hybridized carbons (Fsp3) is 0.310. The van der Waals surface area contributed by atoms with E-state index in [9.17, 15) is 4.79 Å². The van der Waals surface area contributed by atoms with Gasteiger partial charge in [-0.05, 0) is 70.7 Å². The highest BCUT2D eigenvalue weighted by molar-refractivity contribution is 6.08. The minimum atomic E-state index is -0.178. The van der Waals surface area contributed by atoms with Crippen molar-refractivity contribution in [2.24, 2.45) is 0 Å². The van der Waals surface area contributed by atoms with Crippen LogP contribution in [0.1, 0.15) is 54.8 Å². The van der Waals surface area contributed by atoms with Gasteiger partial charge in [0.05, 0.1) is 17.8 Å². The number of carbonyl (C=O) groups excluding carboxylic acids is 1. The number of hydrogen-bond donors (Lipinski definition) is 1. The van der Waals surface area contributed by atoms with E-state index in [0.717, 1.165) is 74.3 Å². The van der Waals surface area contributed by atoms with Crippen LogP contribution in [-0.2, 0) is 17.6 Å². The molecule has 0 bridgehead atoms. The van der Waals surface area contributed by atoms with Gasteiger partial charge >= 0.3 is 0 Å². The number of amides is 1. The number of ether oxygens (including phenoxy) is 1. The van der Waals surface area contributed by atoms with Gasteiger partial charge < -0.3 is 14.5 Å². The van der Waals surface area contributed by atoms with Crippen molar-refractivity contribution in [3.05, 3.63) is 70.6 Å². The molecule has 34 heavy (non-hydrogen) atoms. The fourth-order valence-electron chi connectivity index (χ4n) is 5.01. The minimum absolute atomic E-state index is 0.178. The molecule has 5 nitrogen and oxygen atoms in total. The first kappa shape index (κ1) is 22.2. The maximum absolute atomic E-state index is 13.1. The van der Waals surface area contributed by atoms with E-state index in [1.54, 1.807) is 6.08 Å². The van der Waals surface area contributed by atoms with Crippen molar-refractivity contribution >= 4 is 39.0 Å². The Bertz CT molecular complexity index is 1450. The third-order valence-electron chi connectivity index (χ3n) is 6.59. The van der Waals surface area contributed by atoms with Crippen LogP contribution in [0.25, 0.3) is 27.4 Å². The van der Waals surface area contributed by atoms with Crippen LogP contribution in [0.3, 0.4) is 0 Å². The Morgan fingerprint density at radius 2 is 1.94 bits per heavy atom. The van der Waals surface area contributed by atoms with Crippen LogP contribution in [0.2, 0.25) is 0 Å². The number of fused-ring (bicyclic) bond motifs is 4. The number of aromatic nitrogens is 1. The largest absolute Gasteiger partial charge is 0.493 e. The van der Waals surface area contributed by atoms with Crippen LogP contribution < -0.4 is 10.1 Å². The van der Waals surface area contributed by atoms with E-state index < -0.39 is 0 Å². The van der Waals surface area contributed by atoms with Gasteiger partial charge in [-0.25, -0.2) is 0 Å². The van der Waals surface area contributed by atoms with Gasteiger partial charge in [0.2, 0.25) is 5.91 Å². The van der Waals surface area contributed by atoms with E-state index >= 15 is 0 Å². The second kappa shape index (κ2) is 8.98.